The van der Waals surface area contributed by atoms with Crippen LogP contribution < -0.4 is 4.90 Å². The van der Waals surface area contributed by atoms with Crippen LogP contribution in [0.1, 0.15) is 52.0 Å². The summed E-state index contributed by atoms with van der Waals surface area (Å²) >= 11 is 0. The van der Waals surface area contributed by atoms with E-state index in [1.807, 2.05) is 50.9 Å². The number of amides is 2. The number of rotatable bonds is 6. The van der Waals surface area contributed by atoms with Crippen LogP contribution in [-0.4, -0.2) is 127 Å². The van der Waals surface area contributed by atoms with Gasteiger partial charge in [-0.05, 0) is 68.1 Å². The smallest absolute Gasteiger partial charge is 0.410 e. The third-order valence-electron chi connectivity index (χ3n) is 9.33. The molecule has 2 fully saturated rings. The molecule has 47 heavy (non-hydrogen) atoms. The van der Waals surface area contributed by atoms with Crippen molar-refractivity contribution in [2.24, 2.45) is 11.8 Å². The largest absolute Gasteiger partial charge is 0.457 e. The highest BCUT2D eigenvalue weighted by Gasteiger charge is 2.29. The third-order valence-corrected chi connectivity index (χ3v) is 9.33. The van der Waals surface area contributed by atoms with E-state index < -0.39 is 30.1 Å². The first-order valence-electron chi connectivity index (χ1n) is 16.8. The lowest BCUT2D eigenvalue weighted by molar-refractivity contribution is -0.151. The fourth-order valence-corrected chi connectivity index (χ4v) is 6.30. The van der Waals surface area contributed by atoms with Gasteiger partial charge in [-0.15, -0.1) is 0 Å². The molecule has 2 N–H and O–H groups in total. The minimum Gasteiger partial charge on any atom is -0.457 e. The predicted octanol–water partition coefficient (Wildman–Crippen LogP) is 3.30. The summed E-state index contributed by atoms with van der Waals surface area (Å²) in [6.45, 7) is 10.3. The number of carbonyl (C=O) groups excluding carboxylic acids is 3. The number of aliphatic hydroxyl groups is 2. The number of carbonyl (C=O) groups is 3. The van der Waals surface area contributed by atoms with Crippen molar-refractivity contribution >= 4 is 29.7 Å². The Bertz CT molecular complexity index is 1290. The fraction of sp³-hybridized carbons (Fsp3) is 0.629. The molecule has 3 aliphatic heterocycles. The zero-order valence-electron chi connectivity index (χ0n) is 28.1. The number of halogens is 1. The van der Waals surface area contributed by atoms with Crippen LogP contribution in [0.25, 0.3) is 6.08 Å². The van der Waals surface area contributed by atoms with Crippen molar-refractivity contribution < 1.29 is 38.5 Å². The van der Waals surface area contributed by atoms with E-state index >= 15 is 0 Å². The van der Waals surface area contributed by atoms with Crippen LogP contribution in [0, 0.1) is 17.7 Å². The van der Waals surface area contributed by atoms with Crippen LogP contribution in [0.3, 0.4) is 0 Å². The van der Waals surface area contributed by atoms with Crippen LogP contribution in [-0.2, 0) is 19.1 Å². The van der Waals surface area contributed by atoms with Crippen molar-refractivity contribution in [2.75, 3.05) is 70.9 Å². The first-order chi connectivity index (χ1) is 22.4. The molecule has 2 amide bonds. The quantitative estimate of drug-likeness (QED) is 0.350. The van der Waals surface area contributed by atoms with Crippen LogP contribution in [0.5, 0.6) is 0 Å². The lowest BCUT2D eigenvalue weighted by Crippen LogP contribution is -2.49. The molecule has 260 valence electrons. The number of anilines is 1. The molecule has 5 atom stereocenters. The summed E-state index contributed by atoms with van der Waals surface area (Å²) in [6, 6.07) is 4.76. The van der Waals surface area contributed by atoms with E-state index in [1.165, 1.54) is 12.1 Å². The molecule has 2 saturated heterocycles. The first-order valence-corrected chi connectivity index (χ1v) is 16.8. The van der Waals surface area contributed by atoms with E-state index in [4.69, 9.17) is 14.6 Å². The van der Waals surface area contributed by atoms with Gasteiger partial charge in [0.1, 0.15) is 18.0 Å². The van der Waals surface area contributed by atoms with Crippen molar-refractivity contribution in [3.63, 3.8) is 0 Å². The van der Waals surface area contributed by atoms with Crippen LogP contribution in [0.2, 0.25) is 0 Å². The van der Waals surface area contributed by atoms with Crippen LogP contribution >= 0.6 is 0 Å². The highest BCUT2D eigenvalue weighted by molar-refractivity contribution is 5.76. The number of piperazine rings is 2. The maximum absolute atomic E-state index is 14.9. The fourth-order valence-electron chi connectivity index (χ4n) is 6.30. The molecule has 0 spiro atoms. The predicted molar refractivity (Wildman–Crippen MR) is 177 cm³/mol. The molecular weight excluding hydrogens is 607 g/mol. The Hall–Kier alpha value is -3.48. The average molecular weight is 659 g/mol. The van der Waals surface area contributed by atoms with Gasteiger partial charge in [0.2, 0.25) is 5.91 Å². The minimum atomic E-state index is -0.896. The topological polar surface area (TPSA) is 123 Å². The highest BCUT2D eigenvalue weighted by Crippen LogP contribution is 2.28. The Morgan fingerprint density at radius 1 is 1.00 bits per heavy atom. The number of nitrogens with zero attached hydrogens (tertiary/aromatic N) is 4. The lowest BCUT2D eigenvalue weighted by Gasteiger charge is -2.36. The summed E-state index contributed by atoms with van der Waals surface area (Å²) in [6.07, 6.45) is 3.92. The first kappa shape index (κ1) is 36.4. The van der Waals surface area contributed by atoms with E-state index in [0.29, 0.717) is 68.9 Å². The molecule has 1 aromatic carbocycles. The van der Waals surface area contributed by atoms with Gasteiger partial charge >= 0.3 is 12.1 Å². The monoisotopic (exact) mass is 658 g/mol. The molecule has 0 radical (unpaired) electrons. The Morgan fingerprint density at radius 2 is 1.68 bits per heavy atom. The number of ether oxygens (including phenoxy) is 2. The lowest BCUT2D eigenvalue weighted by atomic mass is 9.91. The molecule has 0 unspecified atom stereocenters. The Kier molecular flexibility index (Phi) is 13.2. The maximum Gasteiger partial charge on any atom is 0.410 e. The molecule has 0 bridgehead atoms. The third kappa shape index (κ3) is 10.5. The number of hydrogen-bond donors (Lipinski definition) is 2. The molecule has 0 aliphatic carbocycles. The second-order valence-corrected chi connectivity index (χ2v) is 13.2. The molecule has 12 heteroatoms. The van der Waals surface area contributed by atoms with Crippen molar-refractivity contribution in [1.29, 1.82) is 0 Å². The summed E-state index contributed by atoms with van der Waals surface area (Å²) in [4.78, 5) is 45.8. The number of cyclic esters (lactones) is 1. The average Bonchev–Trinajstić information content (AvgIpc) is 3.03. The maximum atomic E-state index is 14.9. The number of esters is 1. The van der Waals surface area contributed by atoms with Crippen molar-refractivity contribution in [1.82, 2.24) is 14.7 Å². The molecule has 1 aromatic rings. The zero-order valence-corrected chi connectivity index (χ0v) is 28.1. The number of benzene rings is 1. The van der Waals surface area contributed by atoms with E-state index in [-0.39, 0.29) is 43.3 Å². The van der Waals surface area contributed by atoms with E-state index in [1.54, 1.807) is 15.9 Å². The number of likely N-dealkylation sites (N-methyl/N-ethyl adjacent to an activating group) is 1. The van der Waals surface area contributed by atoms with Gasteiger partial charge in [-0.25, -0.2) is 9.18 Å². The molecular formula is C35H51FN4O7. The summed E-state index contributed by atoms with van der Waals surface area (Å²) in [7, 11) is 2.02. The normalized spacial score (nSPS) is 27.8. The Morgan fingerprint density at radius 3 is 2.36 bits per heavy atom. The van der Waals surface area contributed by atoms with E-state index in [0.717, 1.165) is 13.1 Å². The molecule has 0 saturated carbocycles. The number of hydrogen-bond acceptors (Lipinski definition) is 9. The minimum absolute atomic E-state index is 0.0876. The van der Waals surface area contributed by atoms with E-state index in [2.05, 4.69) is 4.90 Å². The van der Waals surface area contributed by atoms with Crippen molar-refractivity contribution in [3.8, 4) is 0 Å². The molecule has 3 heterocycles. The SMILES string of the molecule is C/C(=C\c1cc(F)cc(N2CCN(C(=O)CCO)CC2)c1)[C@H]1OC(=O)C[C@H](O)CC[C@H](C)[C@@H](OC(=O)N2CCN(C)CC2)/C=C/[C@@H]1C. The Labute approximate surface area is 277 Å². The van der Waals surface area contributed by atoms with Crippen LogP contribution in [0.15, 0.2) is 35.9 Å². The molecule has 3 aliphatic rings. The second kappa shape index (κ2) is 17.1. The molecule has 4 rings (SSSR count). The van der Waals surface area contributed by atoms with Gasteiger partial charge in [0.15, 0.2) is 0 Å². The summed E-state index contributed by atoms with van der Waals surface area (Å²) in [5, 5.41) is 19.7. The summed E-state index contributed by atoms with van der Waals surface area (Å²) in [5.74, 6) is -1.43. The van der Waals surface area contributed by atoms with E-state index in [9.17, 15) is 23.9 Å². The van der Waals surface area contributed by atoms with Gasteiger partial charge in [-0.2, -0.15) is 0 Å². The zero-order chi connectivity index (χ0) is 34.1. The van der Waals surface area contributed by atoms with Gasteiger partial charge < -0.3 is 39.3 Å². The van der Waals surface area contributed by atoms with Crippen molar-refractivity contribution in [3.05, 3.63) is 47.3 Å². The highest BCUT2D eigenvalue weighted by atomic mass is 19.1. The standard InChI is InChI=1S/C35H51FN4O7/c1-24-5-7-30(42)23-33(44)47-34(25(2)6-8-31(24)46-35(45)40-12-10-37(4)11-13-40)26(3)19-27-20-28(36)22-29(21-27)38-14-16-39(17-15-38)32(43)9-18-41/h6,8,19-22,24-25,30-31,34,41-42H,5,7,9-18,23H2,1-4H3/b8-6+,26-19+/t24-,25-,30+,31-,34-/m0/s1. The summed E-state index contributed by atoms with van der Waals surface area (Å²) in [5.41, 5.74) is 1.98. The van der Waals surface area contributed by atoms with Crippen LogP contribution in [0.4, 0.5) is 14.9 Å². The van der Waals surface area contributed by atoms with Gasteiger partial charge in [-0.1, -0.05) is 26.0 Å². The molecule has 11 nitrogen and oxygen atoms in total. The Balaban J connectivity index is 1.52. The van der Waals surface area contributed by atoms with Crippen molar-refractivity contribution in [2.45, 2.75) is 64.8 Å². The van der Waals surface area contributed by atoms with Gasteiger partial charge in [0, 0.05) is 70.4 Å². The molecule has 0 aromatic heterocycles. The summed E-state index contributed by atoms with van der Waals surface area (Å²) < 4.78 is 26.8. The van der Waals surface area contributed by atoms with Gasteiger partial charge in [0.25, 0.3) is 0 Å². The van der Waals surface area contributed by atoms with Gasteiger partial charge in [0.05, 0.1) is 19.1 Å². The van der Waals surface area contributed by atoms with Gasteiger partial charge in [-0.3, -0.25) is 9.59 Å². The number of aliphatic hydroxyl groups excluding tert-OH is 2. The second-order valence-electron chi connectivity index (χ2n) is 13.2.